The normalized spacial score (nSPS) is 11.9. The summed E-state index contributed by atoms with van der Waals surface area (Å²) in [7, 11) is 0. The summed E-state index contributed by atoms with van der Waals surface area (Å²) in [5.74, 6) is 0. The molecule has 2 aromatic rings. The van der Waals surface area contributed by atoms with Crippen molar-refractivity contribution >= 4 is 46.5 Å². The second-order valence-corrected chi connectivity index (χ2v) is 9.25. The number of rotatable bonds is 5. The van der Waals surface area contributed by atoms with E-state index in [1.54, 1.807) is 34.9 Å². The largest absolute Gasteiger partial charge is 0.308 e. The standard InChI is InChI=1S/C14H18ClN3S3/c1-14(2,3)16-8-9-7-10(15)5-6-11(9)20-13-18-17-12(19-4)21-13/h5-7,16H,8H2,1-4H3. The van der Waals surface area contributed by atoms with E-state index < -0.39 is 0 Å². The third kappa shape index (κ3) is 5.45. The molecule has 0 unspecified atom stereocenters. The van der Waals surface area contributed by atoms with Gasteiger partial charge in [0.1, 0.15) is 0 Å². The van der Waals surface area contributed by atoms with Gasteiger partial charge in [0.2, 0.25) is 0 Å². The van der Waals surface area contributed by atoms with E-state index in [0.29, 0.717) is 0 Å². The Hall–Kier alpha value is -0.270. The van der Waals surface area contributed by atoms with E-state index in [4.69, 9.17) is 11.6 Å². The molecular weight excluding hydrogens is 342 g/mol. The molecule has 0 atom stereocenters. The average Bonchev–Trinajstić information content (AvgIpc) is 2.86. The zero-order chi connectivity index (χ0) is 15.5. The molecule has 0 spiro atoms. The second-order valence-electron chi connectivity index (χ2n) is 5.50. The maximum Gasteiger partial charge on any atom is 0.179 e. The van der Waals surface area contributed by atoms with Gasteiger partial charge < -0.3 is 5.32 Å². The first kappa shape index (κ1) is 17.1. The second kappa shape index (κ2) is 7.33. The van der Waals surface area contributed by atoms with E-state index in [0.717, 1.165) is 20.2 Å². The Balaban J connectivity index is 2.17. The Morgan fingerprint density at radius 3 is 2.57 bits per heavy atom. The smallest absolute Gasteiger partial charge is 0.179 e. The zero-order valence-electron chi connectivity index (χ0n) is 12.4. The van der Waals surface area contributed by atoms with Crippen molar-refractivity contribution in [2.24, 2.45) is 0 Å². The van der Waals surface area contributed by atoms with Gasteiger partial charge in [0, 0.05) is 22.0 Å². The third-order valence-electron chi connectivity index (χ3n) is 2.59. The Labute approximate surface area is 143 Å². The van der Waals surface area contributed by atoms with E-state index in [9.17, 15) is 0 Å². The van der Waals surface area contributed by atoms with Gasteiger partial charge in [-0.2, -0.15) is 0 Å². The first-order chi connectivity index (χ1) is 9.87. The summed E-state index contributed by atoms with van der Waals surface area (Å²) in [5.41, 5.74) is 1.25. The molecule has 0 aliphatic rings. The monoisotopic (exact) mass is 359 g/mol. The summed E-state index contributed by atoms with van der Waals surface area (Å²) in [6, 6.07) is 5.98. The molecule has 0 radical (unpaired) electrons. The van der Waals surface area contributed by atoms with Crippen molar-refractivity contribution < 1.29 is 0 Å². The highest BCUT2D eigenvalue weighted by molar-refractivity contribution is 8.03. The van der Waals surface area contributed by atoms with Crippen molar-refractivity contribution in [2.45, 2.75) is 46.4 Å². The van der Waals surface area contributed by atoms with Crippen LogP contribution in [-0.2, 0) is 6.54 Å². The number of nitrogens with one attached hydrogen (secondary N) is 1. The van der Waals surface area contributed by atoms with Crippen LogP contribution < -0.4 is 5.32 Å². The fourth-order valence-electron chi connectivity index (χ4n) is 1.56. The number of hydrogen-bond donors (Lipinski definition) is 1. The summed E-state index contributed by atoms with van der Waals surface area (Å²) in [5, 5.41) is 12.6. The molecule has 0 bridgehead atoms. The molecule has 1 aromatic heterocycles. The minimum Gasteiger partial charge on any atom is -0.308 e. The number of aromatic nitrogens is 2. The average molecular weight is 360 g/mol. The van der Waals surface area contributed by atoms with Crippen molar-refractivity contribution in [2.75, 3.05) is 6.26 Å². The third-order valence-corrected chi connectivity index (χ3v) is 5.89. The van der Waals surface area contributed by atoms with Crippen LogP contribution in [0.1, 0.15) is 26.3 Å². The molecule has 114 valence electrons. The number of nitrogens with zero attached hydrogens (tertiary/aromatic N) is 2. The highest BCUT2D eigenvalue weighted by atomic mass is 35.5. The summed E-state index contributed by atoms with van der Waals surface area (Å²) in [4.78, 5) is 1.17. The zero-order valence-corrected chi connectivity index (χ0v) is 15.6. The molecule has 0 aliphatic carbocycles. The summed E-state index contributed by atoms with van der Waals surface area (Å²) in [6.07, 6.45) is 2.01. The van der Waals surface area contributed by atoms with Gasteiger partial charge in [-0.1, -0.05) is 46.5 Å². The van der Waals surface area contributed by atoms with Gasteiger partial charge in [-0.15, -0.1) is 10.2 Å². The lowest BCUT2D eigenvalue weighted by Crippen LogP contribution is -2.35. The molecule has 0 fully saturated rings. The molecule has 0 saturated carbocycles. The lowest BCUT2D eigenvalue weighted by molar-refractivity contribution is 0.422. The molecular formula is C14H18ClN3S3. The number of hydrogen-bond acceptors (Lipinski definition) is 6. The van der Waals surface area contributed by atoms with E-state index in [1.807, 2.05) is 24.5 Å². The highest BCUT2D eigenvalue weighted by Gasteiger charge is 2.13. The molecule has 21 heavy (non-hydrogen) atoms. The lowest BCUT2D eigenvalue weighted by atomic mass is 10.1. The van der Waals surface area contributed by atoms with Gasteiger partial charge in [-0.05, 0) is 50.8 Å². The van der Waals surface area contributed by atoms with Crippen LogP contribution >= 0.6 is 46.5 Å². The van der Waals surface area contributed by atoms with E-state index in [-0.39, 0.29) is 5.54 Å². The first-order valence-corrected chi connectivity index (χ1v) is 9.70. The highest BCUT2D eigenvalue weighted by Crippen LogP contribution is 2.35. The Kier molecular flexibility index (Phi) is 5.96. The van der Waals surface area contributed by atoms with Crippen molar-refractivity contribution in [1.29, 1.82) is 0 Å². The van der Waals surface area contributed by atoms with Gasteiger partial charge in [-0.25, -0.2) is 0 Å². The van der Waals surface area contributed by atoms with Crippen molar-refractivity contribution in [3.63, 3.8) is 0 Å². The fourth-order valence-corrected chi connectivity index (χ4v) is 4.26. The quantitative estimate of drug-likeness (QED) is 0.764. The Bertz CT molecular complexity index is 608. The fraction of sp³-hybridized carbons (Fsp3) is 0.429. The van der Waals surface area contributed by atoms with E-state index in [2.05, 4.69) is 36.3 Å². The Morgan fingerprint density at radius 2 is 1.95 bits per heavy atom. The SMILES string of the molecule is CSc1nnc(Sc2ccc(Cl)cc2CNC(C)(C)C)s1. The van der Waals surface area contributed by atoms with Gasteiger partial charge in [0.15, 0.2) is 8.68 Å². The van der Waals surface area contributed by atoms with Crippen LogP contribution in [0.15, 0.2) is 31.8 Å². The van der Waals surface area contributed by atoms with Crippen molar-refractivity contribution in [3.05, 3.63) is 28.8 Å². The number of benzene rings is 1. The van der Waals surface area contributed by atoms with E-state index >= 15 is 0 Å². The summed E-state index contributed by atoms with van der Waals surface area (Å²) >= 11 is 11.0. The minimum absolute atomic E-state index is 0.0685. The molecule has 7 heteroatoms. The molecule has 0 saturated heterocycles. The Morgan fingerprint density at radius 1 is 1.24 bits per heavy atom. The van der Waals surface area contributed by atoms with Crippen molar-refractivity contribution in [1.82, 2.24) is 15.5 Å². The predicted octanol–water partition coefficient (Wildman–Crippen LogP) is 4.95. The first-order valence-electron chi connectivity index (χ1n) is 6.46. The topological polar surface area (TPSA) is 37.8 Å². The number of thioether (sulfide) groups is 1. The van der Waals surface area contributed by atoms with Gasteiger partial charge in [0.25, 0.3) is 0 Å². The van der Waals surface area contributed by atoms with E-state index in [1.165, 1.54) is 10.5 Å². The summed E-state index contributed by atoms with van der Waals surface area (Å²) in [6.45, 7) is 7.24. The molecule has 0 aliphatic heterocycles. The van der Waals surface area contributed by atoms with Gasteiger partial charge in [-0.3, -0.25) is 0 Å². The molecule has 0 amide bonds. The van der Waals surface area contributed by atoms with Crippen LogP contribution in [0.3, 0.4) is 0 Å². The van der Waals surface area contributed by atoms with Crippen LogP contribution in [0.4, 0.5) is 0 Å². The van der Waals surface area contributed by atoms with Gasteiger partial charge >= 0.3 is 0 Å². The predicted molar refractivity (Wildman–Crippen MR) is 93.9 cm³/mol. The summed E-state index contributed by atoms with van der Waals surface area (Å²) < 4.78 is 1.94. The molecule has 3 nitrogen and oxygen atoms in total. The number of halogens is 1. The maximum absolute atomic E-state index is 6.13. The molecule has 1 heterocycles. The van der Waals surface area contributed by atoms with Crippen LogP contribution in [0, 0.1) is 0 Å². The maximum atomic E-state index is 6.13. The minimum atomic E-state index is 0.0685. The molecule has 1 N–H and O–H groups in total. The van der Waals surface area contributed by atoms with Crippen LogP contribution in [0.25, 0.3) is 0 Å². The van der Waals surface area contributed by atoms with Gasteiger partial charge in [0.05, 0.1) is 0 Å². The van der Waals surface area contributed by atoms with Crippen LogP contribution in [-0.4, -0.2) is 22.0 Å². The van der Waals surface area contributed by atoms with Crippen molar-refractivity contribution in [3.8, 4) is 0 Å². The van der Waals surface area contributed by atoms with Crippen LogP contribution in [0.5, 0.6) is 0 Å². The molecule has 1 aromatic carbocycles. The molecule has 2 rings (SSSR count). The van der Waals surface area contributed by atoms with Crippen LogP contribution in [0.2, 0.25) is 5.02 Å². The lowest BCUT2D eigenvalue weighted by Gasteiger charge is -2.21.